The molecule has 1 unspecified atom stereocenters. The number of aliphatic hydroxyl groups excluding tert-OH is 1. The van der Waals surface area contributed by atoms with Crippen molar-refractivity contribution in [1.82, 2.24) is 0 Å². The summed E-state index contributed by atoms with van der Waals surface area (Å²) in [6.07, 6.45) is 2.77. The molecule has 1 atom stereocenters. The van der Waals surface area contributed by atoms with Crippen LogP contribution in [0.4, 0.5) is 0 Å². The molecule has 0 saturated heterocycles. The predicted octanol–water partition coefficient (Wildman–Crippen LogP) is 4.22. The molecule has 1 N–H and O–H groups in total. The van der Waals surface area contributed by atoms with Crippen LogP contribution in [0.3, 0.4) is 0 Å². The number of aliphatic hydroxyl groups is 1. The van der Waals surface area contributed by atoms with Crippen LogP contribution in [-0.4, -0.2) is 26.4 Å². The first-order valence-corrected chi connectivity index (χ1v) is 7.80. The lowest BCUT2D eigenvalue weighted by Gasteiger charge is -2.14. The second-order valence-corrected chi connectivity index (χ2v) is 5.66. The third kappa shape index (κ3) is 4.27. The average molecular weight is 379 g/mol. The highest BCUT2D eigenvalue weighted by Gasteiger charge is 2.14. The minimum Gasteiger partial charge on any atom is -0.497 e. The minimum absolute atomic E-state index is 0.569. The summed E-state index contributed by atoms with van der Waals surface area (Å²) in [7, 11) is 4.76. The topological polar surface area (TPSA) is 47.9 Å². The Hall–Kier alpha value is -1.98. The maximum Gasteiger partial charge on any atom is 0.161 e. The van der Waals surface area contributed by atoms with Crippen molar-refractivity contribution in [3.05, 3.63) is 58.1 Å². The van der Waals surface area contributed by atoms with Crippen LogP contribution in [0.5, 0.6) is 17.2 Å². The Morgan fingerprint density at radius 3 is 2.35 bits per heavy atom. The number of ether oxygens (including phenoxy) is 3. The molecular formula is C18H19BrO4. The van der Waals surface area contributed by atoms with Crippen molar-refractivity contribution in [1.29, 1.82) is 0 Å². The van der Waals surface area contributed by atoms with Gasteiger partial charge in [0.1, 0.15) is 5.75 Å². The summed E-state index contributed by atoms with van der Waals surface area (Å²) in [6.45, 7) is 0. The lowest BCUT2D eigenvalue weighted by molar-refractivity contribution is 0.228. The van der Waals surface area contributed by atoms with Crippen LogP contribution >= 0.6 is 15.9 Å². The van der Waals surface area contributed by atoms with Crippen molar-refractivity contribution >= 4 is 22.0 Å². The van der Waals surface area contributed by atoms with Crippen LogP contribution in [0, 0.1) is 0 Å². The maximum absolute atomic E-state index is 10.4. The predicted molar refractivity (Wildman–Crippen MR) is 94.2 cm³/mol. The SMILES string of the molecule is COc1cccc(/C=C/C(O)c2cc(OC)c(OC)cc2Br)c1. The number of halogens is 1. The Bertz CT molecular complexity index is 697. The molecule has 0 fully saturated rings. The van der Waals surface area contributed by atoms with E-state index in [4.69, 9.17) is 14.2 Å². The highest BCUT2D eigenvalue weighted by Crippen LogP contribution is 2.36. The molecule has 23 heavy (non-hydrogen) atoms. The third-order valence-electron chi connectivity index (χ3n) is 3.39. The van der Waals surface area contributed by atoms with E-state index in [1.165, 1.54) is 0 Å². The first kappa shape index (κ1) is 17.4. The molecule has 0 radical (unpaired) electrons. The lowest BCUT2D eigenvalue weighted by atomic mass is 10.1. The summed E-state index contributed by atoms with van der Waals surface area (Å²) in [5, 5.41) is 10.4. The fourth-order valence-electron chi connectivity index (χ4n) is 2.15. The summed E-state index contributed by atoms with van der Waals surface area (Å²) >= 11 is 3.45. The summed E-state index contributed by atoms with van der Waals surface area (Å²) in [4.78, 5) is 0. The van der Waals surface area contributed by atoms with E-state index >= 15 is 0 Å². The van der Waals surface area contributed by atoms with Gasteiger partial charge in [-0.25, -0.2) is 0 Å². The summed E-state index contributed by atoms with van der Waals surface area (Å²) in [6, 6.07) is 11.1. The van der Waals surface area contributed by atoms with Gasteiger partial charge < -0.3 is 19.3 Å². The highest BCUT2D eigenvalue weighted by atomic mass is 79.9. The van der Waals surface area contributed by atoms with E-state index in [1.807, 2.05) is 30.3 Å². The van der Waals surface area contributed by atoms with E-state index in [9.17, 15) is 5.11 Å². The first-order chi connectivity index (χ1) is 11.1. The van der Waals surface area contributed by atoms with Gasteiger partial charge in [0.05, 0.1) is 27.4 Å². The minimum atomic E-state index is -0.782. The number of benzene rings is 2. The van der Waals surface area contributed by atoms with Crippen molar-refractivity contribution in [2.75, 3.05) is 21.3 Å². The molecule has 2 aromatic rings. The standard InChI is InChI=1S/C18H19BrO4/c1-21-13-6-4-5-12(9-13)7-8-16(20)14-10-17(22-2)18(23-3)11-15(14)19/h4-11,16,20H,1-3H3/b8-7+. The number of rotatable bonds is 6. The smallest absolute Gasteiger partial charge is 0.161 e. The molecule has 0 aliphatic carbocycles. The fraction of sp³-hybridized carbons (Fsp3) is 0.222. The van der Waals surface area contributed by atoms with E-state index in [-0.39, 0.29) is 0 Å². The molecule has 2 rings (SSSR count). The van der Waals surface area contributed by atoms with E-state index in [0.717, 1.165) is 15.8 Å². The zero-order valence-corrected chi connectivity index (χ0v) is 14.8. The molecule has 0 amide bonds. The van der Waals surface area contributed by atoms with E-state index < -0.39 is 6.10 Å². The first-order valence-electron chi connectivity index (χ1n) is 7.00. The van der Waals surface area contributed by atoms with Crippen LogP contribution in [-0.2, 0) is 0 Å². The Labute approximate surface area is 144 Å². The fourth-order valence-corrected chi connectivity index (χ4v) is 2.70. The van der Waals surface area contributed by atoms with Crippen molar-refractivity contribution in [2.45, 2.75) is 6.10 Å². The van der Waals surface area contributed by atoms with Crippen LogP contribution < -0.4 is 14.2 Å². The van der Waals surface area contributed by atoms with Crippen LogP contribution in [0.2, 0.25) is 0 Å². The molecule has 2 aromatic carbocycles. The largest absolute Gasteiger partial charge is 0.497 e. The van der Waals surface area contributed by atoms with Gasteiger partial charge in [0, 0.05) is 10.0 Å². The monoisotopic (exact) mass is 378 g/mol. The van der Waals surface area contributed by atoms with Gasteiger partial charge in [0.15, 0.2) is 11.5 Å². The molecule has 5 heteroatoms. The van der Waals surface area contributed by atoms with Gasteiger partial charge in [-0.2, -0.15) is 0 Å². The Kier molecular flexibility index (Phi) is 6.07. The second-order valence-electron chi connectivity index (χ2n) is 4.81. The van der Waals surface area contributed by atoms with Gasteiger partial charge >= 0.3 is 0 Å². The molecule has 0 spiro atoms. The van der Waals surface area contributed by atoms with Crippen molar-refractivity contribution < 1.29 is 19.3 Å². The van der Waals surface area contributed by atoms with Gasteiger partial charge in [-0.3, -0.25) is 0 Å². The second kappa shape index (κ2) is 8.04. The van der Waals surface area contributed by atoms with Crippen LogP contribution in [0.25, 0.3) is 6.08 Å². The molecule has 0 aromatic heterocycles. The van der Waals surface area contributed by atoms with Crippen LogP contribution in [0.15, 0.2) is 46.9 Å². The van der Waals surface area contributed by atoms with Gasteiger partial charge in [-0.05, 0) is 29.8 Å². The Morgan fingerprint density at radius 1 is 1.00 bits per heavy atom. The molecule has 0 aliphatic rings. The molecule has 4 nitrogen and oxygen atoms in total. The summed E-state index contributed by atoms with van der Waals surface area (Å²) < 4.78 is 16.5. The molecular weight excluding hydrogens is 360 g/mol. The van der Waals surface area contributed by atoms with E-state index in [0.29, 0.717) is 17.1 Å². The molecule has 0 bridgehead atoms. The van der Waals surface area contributed by atoms with Crippen LogP contribution in [0.1, 0.15) is 17.2 Å². The lowest BCUT2D eigenvalue weighted by Crippen LogP contribution is -1.98. The van der Waals surface area contributed by atoms with E-state index in [1.54, 1.807) is 39.5 Å². The maximum atomic E-state index is 10.4. The Balaban J connectivity index is 2.26. The average Bonchev–Trinajstić information content (AvgIpc) is 2.59. The van der Waals surface area contributed by atoms with Crippen molar-refractivity contribution in [2.24, 2.45) is 0 Å². The third-order valence-corrected chi connectivity index (χ3v) is 4.07. The number of methoxy groups -OCH3 is 3. The van der Waals surface area contributed by atoms with Gasteiger partial charge in [0.2, 0.25) is 0 Å². The summed E-state index contributed by atoms with van der Waals surface area (Å²) in [5.41, 5.74) is 1.64. The van der Waals surface area contributed by atoms with Gasteiger partial charge in [-0.1, -0.05) is 40.2 Å². The number of hydrogen-bond donors (Lipinski definition) is 1. The van der Waals surface area contributed by atoms with Crippen molar-refractivity contribution in [3.63, 3.8) is 0 Å². The zero-order valence-electron chi connectivity index (χ0n) is 13.2. The van der Waals surface area contributed by atoms with Gasteiger partial charge in [0.25, 0.3) is 0 Å². The van der Waals surface area contributed by atoms with Gasteiger partial charge in [-0.15, -0.1) is 0 Å². The number of hydrogen-bond acceptors (Lipinski definition) is 4. The van der Waals surface area contributed by atoms with E-state index in [2.05, 4.69) is 15.9 Å². The normalized spacial score (nSPS) is 12.2. The molecule has 0 saturated carbocycles. The Morgan fingerprint density at radius 2 is 1.70 bits per heavy atom. The zero-order chi connectivity index (χ0) is 16.8. The molecule has 122 valence electrons. The van der Waals surface area contributed by atoms with Crippen molar-refractivity contribution in [3.8, 4) is 17.2 Å². The quantitative estimate of drug-likeness (QED) is 0.817. The highest BCUT2D eigenvalue weighted by molar-refractivity contribution is 9.10. The molecule has 0 heterocycles. The summed E-state index contributed by atoms with van der Waals surface area (Å²) in [5.74, 6) is 1.94. The molecule has 0 aliphatic heterocycles.